The molecule has 1 N–H and O–H groups in total. The van der Waals surface area contributed by atoms with Gasteiger partial charge in [0, 0.05) is 25.0 Å². The molecule has 3 nitrogen and oxygen atoms in total. The maximum atomic E-state index is 11.8. The fraction of sp³-hybridized carbons (Fsp3) is 0.923. The molecule has 1 atom stereocenters. The predicted molar refractivity (Wildman–Crippen MR) is 65.3 cm³/mol. The molecule has 1 saturated heterocycles. The summed E-state index contributed by atoms with van der Waals surface area (Å²) in [5.41, 5.74) is 0.205. The molecule has 0 aromatic heterocycles. The molecule has 0 aromatic rings. The molecule has 1 spiro atoms. The lowest BCUT2D eigenvalue weighted by atomic mass is 9.79. The number of carbonyl (C=O) groups is 1. The molecule has 2 aliphatic rings. The minimum absolute atomic E-state index is 0.205. The summed E-state index contributed by atoms with van der Waals surface area (Å²) in [7, 11) is 0. The average Bonchev–Trinajstić information content (AvgIpc) is 2.59. The number of amides is 1. The number of hydrogen-bond donors (Lipinski definition) is 1. The molecule has 2 fully saturated rings. The Bertz CT molecular complexity index is 259. The lowest BCUT2D eigenvalue weighted by molar-refractivity contribution is -0.134. The van der Waals surface area contributed by atoms with Gasteiger partial charge in [0.2, 0.25) is 5.91 Å². The van der Waals surface area contributed by atoms with E-state index in [9.17, 15) is 4.79 Å². The molecule has 0 aromatic carbocycles. The molecule has 1 saturated carbocycles. The van der Waals surface area contributed by atoms with E-state index in [0.29, 0.717) is 6.04 Å². The van der Waals surface area contributed by atoms with Crippen LogP contribution >= 0.6 is 0 Å². The second kappa shape index (κ2) is 4.74. The van der Waals surface area contributed by atoms with Crippen LogP contribution in [-0.4, -0.2) is 35.5 Å². The van der Waals surface area contributed by atoms with Gasteiger partial charge in [0.15, 0.2) is 0 Å². The maximum Gasteiger partial charge on any atom is 0.219 e. The molecule has 2 rings (SSSR count). The van der Waals surface area contributed by atoms with Gasteiger partial charge in [-0.3, -0.25) is 4.79 Å². The third-order valence-electron chi connectivity index (χ3n) is 4.26. The van der Waals surface area contributed by atoms with Gasteiger partial charge in [0.25, 0.3) is 0 Å². The lowest BCUT2D eigenvalue weighted by Crippen LogP contribution is -2.47. The van der Waals surface area contributed by atoms with Crippen molar-refractivity contribution >= 4 is 5.91 Å². The molecule has 0 unspecified atom stereocenters. The van der Waals surface area contributed by atoms with Crippen LogP contribution in [0.2, 0.25) is 0 Å². The van der Waals surface area contributed by atoms with Gasteiger partial charge in [0.05, 0.1) is 0 Å². The summed E-state index contributed by atoms with van der Waals surface area (Å²) < 4.78 is 0. The van der Waals surface area contributed by atoms with Gasteiger partial charge >= 0.3 is 0 Å². The van der Waals surface area contributed by atoms with E-state index >= 15 is 0 Å². The molecule has 0 radical (unpaired) electrons. The number of rotatable bonds is 2. The maximum absolute atomic E-state index is 11.8. The van der Waals surface area contributed by atoms with Gasteiger partial charge < -0.3 is 10.2 Å². The number of nitrogens with zero attached hydrogens (tertiary/aromatic N) is 1. The summed E-state index contributed by atoms with van der Waals surface area (Å²) in [4.78, 5) is 13.9. The fourth-order valence-corrected chi connectivity index (χ4v) is 3.62. The van der Waals surface area contributed by atoms with Crippen molar-refractivity contribution in [2.24, 2.45) is 0 Å². The molecule has 0 bridgehead atoms. The van der Waals surface area contributed by atoms with Crippen LogP contribution in [0.15, 0.2) is 0 Å². The largest absolute Gasteiger partial charge is 0.336 e. The first-order chi connectivity index (χ1) is 7.68. The predicted octanol–water partition coefficient (Wildman–Crippen LogP) is 1.92. The second-order valence-electron chi connectivity index (χ2n) is 5.37. The van der Waals surface area contributed by atoms with E-state index in [1.54, 1.807) is 6.92 Å². The highest BCUT2D eigenvalue weighted by atomic mass is 16.2. The van der Waals surface area contributed by atoms with E-state index in [2.05, 4.69) is 17.1 Å². The SMILES string of the molecule is CCN[C@H]1CN(C(C)=O)C2(CCCCC2)C1. The molecular formula is C13H24N2O. The summed E-state index contributed by atoms with van der Waals surface area (Å²) in [5, 5.41) is 3.51. The Balaban J connectivity index is 2.11. The Labute approximate surface area is 98.6 Å². The normalized spacial score (nSPS) is 28.6. The van der Waals surface area contributed by atoms with E-state index in [1.807, 2.05) is 0 Å². The number of carbonyl (C=O) groups excluding carboxylic acids is 1. The van der Waals surface area contributed by atoms with Crippen LogP contribution in [0.3, 0.4) is 0 Å². The zero-order valence-electron chi connectivity index (χ0n) is 10.6. The number of likely N-dealkylation sites (tertiary alicyclic amines) is 1. The van der Waals surface area contributed by atoms with Crippen LogP contribution in [0.5, 0.6) is 0 Å². The van der Waals surface area contributed by atoms with Crippen molar-refractivity contribution in [1.29, 1.82) is 0 Å². The zero-order valence-corrected chi connectivity index (χ0v) is 10.6. The fourth-order valence-electron chi connectivity index (χ4n) is 3.62. The first kappa shape index (κ1) is 11.9. The van der Waals surface area contributed by atoms with Crippen LogP contribution in [0.25, 0.3) is 0 Å². The quantitative estimate of drug-likeness (QED) is 0.777. The van der Waals surface area contributed by atoms with Crippen LogP contribution in [0, 0.1) is 0 Å². The lowest BCUT2D eigenvalue weighted by Gasteiger charge is -2.41. The van der Waals surface area contributed by atoms with Crippen molar-refractivity contribution < 1.29 is 4.79 Å². The second-order valence-corrected chi connectivity index (χ2v) is 5.37. The van der Waals surface area contributed by atoms with Gasteiger partial charge in [-0.15, -0.1) is 0 Å². The highest BCUT2D eigenvalue weighted by Crippen LogP contribution is 2.41. The molecule has 1 aliphatic carbocycles. The van der Waals surface area contributed by atoms with Crippen molar-refractivity contribution in [3.63, 3.8) is 0 Å². The van der Waals surface area contributed by atoms with Gasteiger partial charge in [-0.1, -0.05) is 26.2 Å². The molecular weight excluding hydrogens is 200 g/mol. The van der Waals surface area contributed by atoms with Crippen molar-refractivity contribution in [2.45, 2.75) is 64.0 Å². The molecule has 1 heterocycles. The summed E-state index contributed by atoms with van der Waals surface area (Å²) in [5.74, 6) is 0.266. The number of likely N-dealkylation sites (N-methyl/N-ethyl adjacent to an activating group) is 1. The summed E-state index contributed by atoms with van der Waals surface area (Å²) in [6.07, 6.45) is 7.54. The Morgan fingerprint density at radius 3 is 2.62 bits per heavy atom. The summed E-state index contributed by atoms with van der Waals surface area (Å²) in [6, 6.07) is 0.520. The van der Waals surface area contributed by atoms with Crippen molar-refractivity contribution in [1.82, 2.24) is 10.2 Å². The van der Waals surface area contributed by atoms with E-state index in [-0.39, 0.29) is 11.4 Å². The highest BCUT2D eigenvalue weighted by Gasteiger charge is 2.46. The van der Waals surface area contributed by atoms with Gasteiger partial charge in [-0.05, 0) is 25.8 Å². The van der Waals surface area contributed by atoms with Crippen LogP contribution in [0.1, 0.15) is 52.4 Å². The molecule has 3 heteroatoms. The average molecular weight is 224 g/mol. The Hall–Kier alpha value is -0.570. The summed E-state index contributed by atoms with van der Waals surface area (Å²) >= 11 is 0. The van der Waals surface area contributed by atoms with Crippen molar-refractivity contribution in [3.05, 3.63) is 0 Å². The smallest absolute Gasteiger partial charge is 0.219 e. The van der Waals surface area contributed by atoms with E-state index in [0.717, 1.165) is 13.1 Å². The standard InChI is InChI=1S/C13H24N2O/c1-3-14-12-9-13(7-5-4-6-8-13)15(10-12)11(2)16/h12,14H,3-10H2,1-2H3/t12-/m1/s1. The highest BCUT2D eigenvalue weighted by molar-refractivity contribution is 5.74. The molecule has 1 aliphatic heterocycles. The van der Waals surface area contributed by atoms with Crippen molar-refractivity contribution in [3.8, 4) is 0 Å². The van der Waals surface area contributed by atoms with E-state index in [1.165, 1.54) is 38.5 Å². The summed E-state index contributed by atoms with van der Waals surface area (Å²) in [6.45, 7) is 5.80. The molecule has 92 valence electrons. The Morgan fingerprint density at radius 1 is 1.38 bits per heavy atom. The van der Waals surface area contributed by atoms with Gasteiger partial charge in [-0.25, -0.2) is 0 Å². The third-order valence-corrected chi connectivity index (χ3v) is 4.26. The first-order valence-corrected chi connectivity index (χ1v) is 6.69. The third kappa shape index (κ3) is 2.10. The van der Waals surface area contributed by atoms with E-state index in [4.69, 9.17) is 0 Å². The van der Waals surface area contributed by atoms with Crippen molar-refractivity contribution in [2.75, 3.05) is 13.1 Å². The van der Waals surface area contributed by atoms with Gasteiger partial charge in [-0.2, -0.15) is 0 Å². The Morgan fingerprint density at radius 2 is 2.06 bits per heavy atom. The Kier molecular flexibility index (Phi) is 3.53. The minimum atomic E-state index is 0.205. The van der Waals surface area contributed by atoms with E-state index < -0.39 is 0 Å². The van der Waals surface area contributed by atoms with Crippen LogP contribution in [-0.2, 0) is 4.79 Å². The minimum Gasteiger partial charge on any atom is -0.336 e. The van der Waals surface area contributed by atoms with Crippen LogP contribution in [0.4, 0.5) is 0 Å². The monoisotopic (exact) mass is 224 g/mol. The molecule has 1 amide bonds. The van der Waals surface area contributed by atoms with Gasteiger partial charge in [0.1, 0.15) is 0 Å². The first-order valence-electron chi connectivity index (χ1n) is 6.69. The topological polar surface area (TPSA) is 32.3 Å². The molecule has 16 heavy (non-hydrogen) atoms. The number of nitrogens with one attached hydrogen (secondary N) is 1. The zero-order chi connectivity index (χ0) is 11.6. The van der Waals surface area contributed by atoms with Crippen LogP contribution < -0.4 is 5.32 Å². The number of hydrogen-bond acceptors (Lipinski definition) is 2.